The predicted octanol–water partition coefficient (Wildman–Crippen LogP) is 1.27. The zero-order chi connectivity index (χ0) is 14.4. The maximum absolute atomic E-state index is 11.4. The highest BCUT2D eigenvalue weighted by molar-refractivity contribution is 5.93. The van der Waals surface area contributed by atoms with Crippen molar-refractivity contribution >= 4 is 11.6 Å². The van der Waals surface area contributed by atoms with Gasteiger partial charge in [-0.25, -0.2) is 0 Å². The maximum atomic E-state index is 11.4. The van der Waals surface area contributed by atoms with Crippen LogP contribution in [0.1, 0.15) is 42.4 Å². The minimum absolute atomic E-state index is 0.0217. The third kappa shape index (κ3) is 3.84. The van der Waals surface area contributed by atoms with E-state index in [1.54, 1.807) is 16.9 Å². The van der Waals surface area contributed by atoms with Gasteiger partial charge in [0.15, 0.2) is 5.78 Å². The van der Waals surface area contributed by atoms with E-state index in [0.29, 0.717) is 17.9 Å². The molecule has 20 heavy (non-hydrogen) atoms. The van der Waals surface area contributed by atoms with Gasteiger partial charge in [0.25, 0.3) is 0 Å². The molecular weight excluding hydrogens is 256 g/mol. The number of aryl methyl sites for hydroxylation is 2. The predicted molar refractivity (Wildman–Crippen MR) is 74.0 cm³/mol. The molecular formula is C13H18N6O. The highest BCUT2D eigenvalue weighted by atomic mass is 16.1. The van der Waals surface area contributed by atoms with Gasteiger partial charge < -0.3 is 5.73 Å². The van der Waals surface area contributed by atoms with Crippen LogP contribution in [0.25, 0.3) is 0 Å². The largest absolute Gasteiger partial charge is 0.382 e. The van der Waals surface area contributed by atoms with E-state index in [0.717, 1.165) is 31.5 Å². The molecule has 2 aromatic rings. The van der Waals surface area contributed by atoms with Crippen molar-refractivity contribution in [2.45, 2.75) is 39.2 Å². The summed E-state index contributed by atoms with van der Waals surface area (Å²) in [6.07, 6.45) is 4.91. The van der Waals surface area contributed by atoms with Gasteiger partial charge in [0.05, 0.1) is 11.9 Å². The first-order valence-corrected chi connectivity index (χ1v) is 6.70. The standard InChI is InChI=1S/C13H18N6O/c1-2-12(20)11-9-19(18-16-11)8-4-3-5-10-6-7-13(14)17-15-10/h6-7,9H,2-5,8H2,1H3,(H2,14,17). The topological polar surface area (TPSA) is 99.6 Å². The van der Waals surface area contributed by atoms with Gasteiger partial charge in [0, 0.05) is 13.0 Å². The van der Waals surface area contributed by atoms with Gasteiger partial charge in [-0.2, -0.15) is 5.10 Å². The van der Waals surface area contributed by atoms with Crippen LogP contribution in [-0.4, -0.2) is 31.0 Å². The van der Waals surface area contributed by atoms with Crippen LogP contribution in [0.2, 0.25) is 0 Å². The maximum Gasteiger partial charge on any atom is 0.184 e. The fourth-order valence-corrected chi connectivity index (χ4v) is 1.80. The summed E-state index contributed by atoms with van der Waals surface area (Å²) in [5.41, 5.74) is 6.85. The van der Waals surface area contributed by atoms with Crippen molar-refractivity contribution in [2.75, 3.05) is 5.73 Å². The average molecular weight is 274 g/mol. The van der Waals surface area contributed by atoms with E-state index in [2.05, 4.69) is 20.5 Å². The Labute approximate surface area is 117 Å². The molecule has 0 aromatic carbocycles. The first kappa shape index (κ1) is 14.1. The summed E-state index contributed by atoms with van der Waals surface area (Å²) in [6, 6.07) is 3.64. The minimum atomic E-state index is 0.0217. The summed E-state index contributed by atoms with van der Waals surface area (Å²) in [5.74, 6) is 0.456. The highest BCUT2D eigenvalue weighted by Gasteiger charge is 2.07. The number of carbonyl (C=O) groups is 1. The number of hydrogen-bond acceptors (Lipinski definition) is 6. The molecule has 0 atom stereocenters. The fraction of sp³-hybridized carbons (Fsp3) is 0.462. The van der Waals surface area contributed by atoms with E-state index in [-0.39, 0.29) is 5.78 Å². The summed E-state index contributed by atoms with van der Waals surface area (Å²) >= 11 is 0. The van der Waals surface area contributed by atoms with Crippen molar-refractivity contribution in [2.24, 2.45) is 0 Å². The second-order valence-electron chi connectivity index (χ2n) is 4.55. The number of carbonyl (C=O) groups excluding carboxylic acids is 1. The van der Waals surface area contributed by atoms with Gasteiger partial charge in [-0.3, -0.25) is 9.48 Å². The highest BCUT2D eigenvalue weighted by Crippen LogP contribution is 2.05. The number of ketones is 1. The molecule has 0 spiro atoms. The van der Waals surface area contributed by atoms with Gasteiger partial charge in [-0.05, 0) is 31.4 Å². The number of nitrogens with zero attached hydrogens (tertiary/aromatic N) is 5. The number of hydrogen-bond donors (Lipinski definition) is 1. The first-order chi connectivity index (χ1) is 9.69. The number of nitrogen functional groups attached to an aromatic ring is 1. The number of aromatic nitrogens is 5. The van der Waals surface area contributed by atoms with Crippen molar-refractivity contribution in [1.29, 1.82) is 0 Å². The van der Waals surface area contributed by atoms with E-state index in [1.807, 2.05) is 13.0 Å². The van der Waals surface area contributed by atoms with E-state index in [1.165, 1.54) is 0 Å². The van der Waals surface area contributed by atoms with E-state index < -0.39 is 0 Å². The average Bonchev–Trinajstić information content (AvgIpc) is 2.93. The molecule has 0 fully saturated rings. The Bertz CT molecular complexity index is 562. The Morgan fingerprint density at radius 3 is 2.80 bits per heavy atom. The molecule has 7 heteroatoms. The third-order valence-electron chi connectivity index (χ3n) is 2.96. The van der Waals surface area contributed by atoms with Crippen molar-refractivity contribution in [3.8, 4) is 0 Å². The molecule has 0 saturated heterocycles. The van der Waals surface area contributed by atoms with Crippen LogP contribution in [-0.2, 0) is 13.0 Å². The van der Waals surface area contributed by atoms with Crippen molar-refractivity contribution in [1.82, 2.24) is 25.2 Å². The molecule has 2 heterocycles. The summed E-state index contributed by atoms with van der Waals surface area (Å²) in [5, 5.41) is 15.6. The molecule has 0 radical (unpaired) electrons. The van der Waals surface area contributed by atoms with E-state index >= 15 is 0 Å². The molecule has 2 aromatic heterocycles. The molecule has 0 aliphatic rings. The molecule has 7 nitrogen and oxygen atoms in total. The molecule has 2 rings (SSSR count). The first-order valence-electron chi connectivity index (χ1n) is 6.70. The lowest BCUT2D eigenvalue weighted by Gasteiger charge is -2.01. The van der Waals surface area contributed by atoms with Gasteiger partial charge >= 0.3 is 0 Å². The summed E-state index contributed by atoms with van der Waals surface area (Å²) < 4.78 is 1.71. The van der Waals surface area contributed by atoms with Crippen LogP contribution in [0.4, 0.5) is 5.82 Å². The zero-order valence-corrected chi connectivity index (χ0v) is 11.5. The summed E-state index contributed by atoms with van der Waals surface area (Å²) in [6.45, 7) is 2.56. The van der Waals surface area contributed by atoms with Gasteiger partial charge in [-0.1, -0.05) is 12.1 Å². The third-order valence-corrected chi connectivity index (χ3v) is 2.96. The quantitative estimate of drug-likeness (QED) is 0.602. The van der Waals surface area contributed by atoms with Gasteiger partial charge in [-0.15, -0.1) is 10.2 Å². The van der Waals surface area contributed by atoms with E-state index in [9.17, 15) is 4.79 Å². The van der Waals surface area contributed by atoms with Crippen LogP contribution < -0.4 is 5.73 Å². The normalized spacial score (nSPS) is 10.7. The second-order valence-corrected chi connectivity index (χ2v) is 4.55. The van der Waals surface area contributed by atoms with Crippen molar-refractivity contribution in [3.63, 3.8) is 0 Å². The van der Waals surface area contributed by atoms with Gasteiger partial charge in [0.1, 0.15) is 11.5 Å². The Hall–Kier alpha value is -2.31. The SMILES string of the molecule is CCC(=O)c1cn(CCCCc2ccc(N)nn2)nn1. The number of nitrogens with two attached hydrogens (primary N) is 1. The van der Waals surface area contributed by atoms with E-state index in [4.69, 9.17) is 5.73 Å². The monoisotopic (exact) mass is 274 g/mol. The lowest BCUT2D eigenvalue weighted by Crippen LogP contribution is -2.01. The molecule has 2 N–H and O–H groups in total. The lowest BCUT2D eigenvalue weighted by atomic mass is 10.2. The van der Waals surface area contributed by atoms with Crippen LogP contribution in [0.3, 0.4) is 0 Å². The van der Waals surface area contributed by atoms with Gasteiger partial charge in [0.2, 0.25) is 0 Å². The Morgan fingerprint density at radius 2 is 2.10 bits per heavy atom. The van der Waals surface area contributed by atoms with Crippen molar-refractivity contribution < 1.29 is 4.79 Å². The molecule has 0 aliphatic heterocycles. The summed E-state index contributed by atoms with van der Waals surface area (Å²) in [7, 11) is 0. The zero-order valence-electron chi connectivity index (χ0n) is 11.5. The molecule has 0 amide bonds. The lowest BCUT2D eigenvalue weighted by molar-refractivity contribution is 0.0983. The molecule has 0 saturated carbocycles. The van der Waals surface area contributed by atoms with Crippen LogP contribution >= 0.6 is 0 Å². The number of rotatable bonds is 7. The fourth-order valence-electron chi connectivity index (χ4n) is 1.80. The molecule has 0 bridgehead atoms. The number of unbranched alkanes of at least 4 members (excludes halogenated alkanes) is 1. The Balaban J connectivity index is 1.74. The summed E-state index contributed by atoms with van der Waals surface area (Å²) in [4.78, 5) is 11.4. The van der Waals surface area contributed by atoms with Crippen molar-refractivity contribution in [3.05, 3.63) is 29.7 Å². The number of anilines is 1. The molecule has 0 aliphatic carbocycles. The molecule has 0 unspecified atom stereocenters. The number of Topliss-reactive ketones (excluding diaryl/α,β-unsaturated/α-hetero) is 1. The van der Waals surface area contributed by atoms with Crippen LogP contribution in [0.15, 0.2) is 18.3 Å². The Morgan fingerprint density at radius 1 is 1.25 bits per heavy atom. The smallest absolute Gasteiger partial charge is 0.184 e. The molecule has 106 valence electrons. The minimum Gasteiger partial charge on any atom is -0.382 e. The second kappa shape index (κ2) is 6.74. The van der Waals surface area contributed by atoms with Crippen LogP contribution in [0, 0.1) is 0 Å². The Kier molecular flexibility index (Phi) is 4.75. The van der Waals surface area contributed by atoms with Crippen LogP contribution in [0.5, 0.6) is 0 Å².